The van der Waals surface area contributed by atoms with E-state index >= 15 is 0 Å². The maximum absolute atomic E-state index is 4.98. The van der Waals surface area contributed by atoms with Gasteiger partial charge in [0, 0.05) is 86.5 Å². The van der Waals surface area contributed by atoms with E-state index in [1.165, 1.54) is 102 Å². The van der Waals surface area contributed by atoms with Crippen molar-refractivity contribution in [2.75, 3.05) is 0 Å². The molecule has 0 bridgehead atoms. The number of benzene rings is 16. The highest BCUT2D eigenvalue weighted by Crippen LogP contribution is 2.42. The third-order valence-corrected chi connectivity index (χ3v) is 27.2. The highest BCUT2D eigenvalue weighted by molar-refractivity contribution is 7.25. The van der Waals surface area contributed by atoms with Crippen LogP contribution in [0.1, 0.15) is 0 Å². The van der Waals surface area contributed by atoms with E-state index < -0.39 is 8.07 Å². The molecule has 0 spiro atoms. The molecule has 0 unspecified atom stereocenters. The minimum absolute atomic E-state index is 0.643. The predicted molar refractivity (Wildman–Crippen MR) is 478 cm³/mol. The number of fused-ring (bicyclic) bond motifs is 12. The average molecular weight is 1490 g/mol. The van der Waals surface area contributed by atoms with Crippen molar-refractivity contribution in [1.29, 1.82) is 0 Å². The molecule has 1 aliphatic heterocycles. The van der Waals surface area contributed by atoms with Gasteiger partial charge in [-0.25, -0.2) is 29.9 Å². The van der Waals surface area contributed by atoms with Gasteiger partial charge in [0.1, 0.15) is 8.07 Å². The van der Waals surface area contributed by atoms with Crippen LogP contribution in [0.4, 0.5) is 0 Å². The molecule has 10 heteroatoms. The smallest absolute Gasteiger partial charge is 0.164 e. The number of hydrogen-bond donors (Lipinski definition) is 0. The van der Waals surface area contributed by atoms with Crippen molar-refractivity contribution in [2.45, 2.75) is 13.1 Å². The first kappa shape index (κ1) is 67.7. The first-order valence-electron chi connectivity index (χ1n) is 38.6. The second-order valence-electron chi connectivity index (χ2n) is 29.7. The van der Waals surface area contributed by atoms with Gasteiger partial charge in [-0.05, 0) is 145 Å². The Bertz CT molecular complexity index is 7170. The van der Waals surface area contributed by atoms with E-state index in [-0.39, 0.29) is 0 Å². The average Bonchev–Trinajstić information content (AvgIpc) is 1.59. The van der Waals surface area contributed by atoms with Crippen molar-refractivity contribution >= 4 is 93.6 Å². The molecule has 0 aliphatic carbocycles. The first-order chi connectivity index (χ1) is 56.2. The van der Waals surface area contributed by atoms with Crippen LogP contribution in [0.25, 0.3) is 199 Å². The van der Waals surface area contributed by atoms with E-state index in [2.05, 4.69) is 289 Å². The summed E-state index contributed by atoms with van der Waals surface area (Å²) in [5.41, 5.74) is 25.0. The van der Waals surface area contributed by atoms with Gasteiger partial charge in [-0.15, -0.1) is 11.3 Å². The molecule has 16 aromatic carbocycles. The van der Waals surface area contributed by atoms with Crippen LogP contribution in [-0.4, -0.2) is 47.1 Å². The second-order valence-corrected chi connectivity index (χ2v) is 35.1. The van der Waals surface area contributed by atoms with Crippen LogP contribution < -0.4 is 10.4 Å². The summed E-state index contributed by atoms with van der Waals surface area (Å²) in [7, 11) is -1.75. The monoisotopic (exact) mass is 1490 g/mol. The third-order valence-electron chi connectivity index (χ3n) is 22.6. The summed E-state index contributed by atoms with van der Waals surface area (Å²) in [6.45, 7) is 4.96. The number of para-hydroxylation sites is 2. The highest BCUT2D eigenvalue weighted by atomic mass is 32.1. The second kappa shape index (κ2) is 28.2. The molecular formula is C104H70N8SSi. The molecule has 0 radical (unpaired) electrons. The normalized spacial score (nSPS) is 12.2. The summed E-state index contributed by atoms with van der Waals surface area (Å²) in [5, 5.41) is 10.6. The lowest BCUT2D eigenvalue weighted by Crippen LogP contribution is -2.49. The Hall–Kier alpha value is -14.4. The molecule has 0 N–H and O–H groups in total. The Morgan fingerprint density at radius 2 is 0.526 bits per heavy atom. The lowest BCUT2D eigenvalue weighted by atomic mass is 10.00. The molecule has 0 saturated heterocycles. The predicted octanol–water partition coefficient (Wildman–Crippen LogP) is 25.8. The zero-order chi connectivity index (χ0) is 75.8. The topological polar surface area (TPSA) is 87.2 Å². The fraction of sp³-hybridized carbons (Fsp3) is 0.0192. The fourth-order valence-corrected chi connectivity index (χ4v) is 21.0. The van der Waals surface area contributed by atoms with Crippen molar-refractivity contribution in [1.82, 2.24) is 39.0 Å². The zero-order valence-corrected chi connectivity index (χ0v) is 64.3. The van der Waals surface area contributed by atoms with Crippen molar-refractivity contribution in [3.8, 4) is 135 Å². The van der Waals surface area contributed by atoms with E-state index in [1.807, 2.05) is 133 Å². The summed E-state index contributed by atoms with van der Waals surface area (Å²) >= 11 is 1.86. The van der Waals surface area contributed by atoms with Gasteiger partial charge in [-0.3, -0.25) is 0 Å². The van der Waals surface area contributed by atoms with Crippen molar-refractivity contribution in [2.24, 2.45) is 0 Å². The molecule has 8 nitrogen and oxygen atoms in total. The molecule has 22 rings (SSSR count). The molecule has 0 amide bonds. The Kier molecular flexibility index (Phi) is 16.7. The number of hydrogen-bond acceptors (Lipinski definition) is 7. The molecule has 5 aromatic heterocycles. The van der Waals surface area contributed by atoms with E-state index in [9.17, 15) is 0 Å². The number of nitrogens with zero attached hydrogens (tertiary/aromatic N) is 8. The minimum Gasteiger partial charge on any atom is -0.309 e. The number of rotatable bonds is 12. The maximum Gasteiger partial charge on any atom is 0.164 e. The number of thiophene rings is 1. The fourth-order valence-electron chi connectivity index (χ4n) is 16.8. The van der Waals surface area contributed by atoms with Gasteiger partial charge in [-0.2, -0.15) is 0 Å². The summed E-state index contributed by atoms with van der Waals surface area (Å²) in [6.07, 6.45) is 0. The van der Waals surface area contributed by atoms with Crippen LogP contribution in [0.3, 0.4) is 0 Å². The van der Waals surface area contributed by atoms with Gasteiger partial charge in [0.15, 0.2) is 34.9 Å². The van der Waals surface area contributed by atoms with Gasteiger partial charge in [0.25, 0.3) is 0 Å². The molecule has 0 fully saturated rings. The Labute approximate surface area is 664 Å². The van der Waals surface area contributed by atoms with Gasteiger partial charge in [0.2, 0.25) is 0 Å². The van der Waals surface area contributed by atoms with Crippen molar-refractivity contribution < 1.29 is 0 Å². The van der Waals surface area contributed by atoms with Crippen LogP contribution in [0.5, 0.6) is 0 Å². The van der Waals surface area contributed by atoms with E-state index in [1.54, 1.807) is 5.19 Å². The van der Waals surface area contributed by atoms with Crippen LogP contribution >= 0.6 is 11.3 Å². The number of aromatic nitrogens is 8. The molecule has 0 saturated carbocycles. The summed E-state index contributed by atoms with van der Waals surface area (Å²) < 4.78 is 7.42. The molecule has 6 heterocycles. The van der Waals surface area contributed by atoms with Crippen molar-refractivity contribution in [3.05, 3.63) is 388 Å². The minimum atomic E-state index is -1.75. The maximum atomic E-state index is 4.98. The quantitative estimate of drug-likeness (QED) is 0.113. The standard InChI is InChI=1S/C53H38N4Si.C51H32N4S/c1-58(2)49-20-12-10-18-44(49)45-31-27-41(34-50(45)58)36-25-29-42(30-26-36)57-47-19-11-9-17-43(47)46-33-40(28-32-48(46)57)35-21-23-39(24-22-35)53-55-51(37-13-5-3-6-14-37)54-52(56-53)38-15-7-4-8-16-38;1-3-12-34(13-4-1)49-52-50(35-14-5-2-6-15-35)54-51(53-49)39-17-11-16-36(30-39)37-25-29-46-44(31-37)41-18-7-9-20-45(41)55(46)40-26-22-33(23-27-40)38-24-28-43-42-19-8-10-21-47(42)56-48(43)32-38/h3-34H,1-2H3;1-32H. The van der Waals surface area contributed by atoms with E-state index in [0.29, 0.717) is 34.9 Å². The molecular weight excluding hydrogens is 1420 g/mol. The van der Waals surface area contributed by atoms with E-state index in [0.717, 1.165) is 67.0 Å². The summed E-state index contributed by atoms with van der Waals surface area (Å²) in [6, 6.07) is 138. The first-order valence-corrected chi connectivity index (χ1v) is 42.4. The third kappa shape index (κ3) is 12.2. The van der Waals surface area contributed by atoms with Gasteiger partial charge >= 0.3 is 0 Å². The lowest BCUT2D eigenvalue weighted by molar-refractivity contribution is 1.07. The summed E-state index contributed by atoms with van der Waals surface area (Å²) in [5.74, 6) is 3.91. The summed E-state index contributed by atoms with van der Waals surface area (Å²) in [4.78, 5) is 29.6. The molecule has 0 atom stereocenters. The van der Waals surface area contributed by atoms with Crippen molar-refractivity contribution in [3.63, 3.8) is 0 Å². The molecule has 536 valence electrons. The molecule has 114 heavy (non-hydrogen) atoms. The molecule has 21 aromatic rings. The van der Waals surface area contributed by atoms with Crippen LogP contribution in [0, 0.1) is 0 Å². The Morgan fingerprint density at radius 1 is 0.202 bits per heavy atom. The van der Waals surface area contributed by atoms with E-state index in [4.69, 9.17) is 29.9 Å². The van der Waals surface area contributed by atoms with Crippen LogP contribution in [0.15, 0.2) is 388 Å². The SMILES string of the molecule is C[Si]1(C)c2ccccc2-c2ccc(-c3ccc(-n4c5ccccc5c5cc(-c6ccc(-c7nc(-c8ccccc8)nc(-c8ccccc8)n7)cc6)ccc54)cc3)cc21.c1ccc(-c2nc(-c3ccccc3)nc(-c3cccc(-c4ccc5c(c4)c4ccccc4n5-c4ccc(-c5ccc6c(c5)sc5ccccc56)cc4)c3)n2)cc1. The van der Waals surface area contributed by atoms with Gasteiger partial charge < -0.3 is 9.13 Å². The largest absolute Gasteiger partial charge is 0.309 e. The van der Waals surface area contributed by atoms with Crippen LogP contribution in [0.2, 0.25) is 13.1 Å². The lowest BCUT2D eigenvalue weighted by Gasteiger charge is -2.19. The molecule has 1 aliphatic rings. The van der Waals surface area contributed by atoms with Gasteiger partial charge in [0.05, 0.1) is 22.1 Å². The van der Waals surface area contributed by atoms with Gasteiger partial charge in [-0.1, -0.05) is 322 Å². The highest BCUT2D eigenvalue weighted by Gasteiger charge is 2.37. The Morgan fingerprint density at radius 3 is 1.04 bits per heavy atom. The van der Waals surface area contributed by atoms with Crippen LogP contribution in [-0.2, 0) is 0 Å². The Balaban J connectivity index is 0.000000143. The zero-order valence-electron chi connectivity index (χ0n) is 62.4.